The summed E-state index contributed by atoms with van der Waals surface area (Å²) in [4.78, 5) is 16.1. The van der Waals surface area contributed by atoms with Crippen molar-refractivity contribution in [2.24, 2.45) is 0 Å². The Kier molecular flexibility index (Phi) is 5.09. The van der Waals surface area contributed by atoms with Gasteiger partial charge in [0.25, 0.3) is 15.9 Å². The monoisotopic (exact) mass is 312 g/mol. The largest absolute Gasteiger partial charge is 0.413 e. The van der Waals surface area contributed by atoms with Crippen molar-refractivity contribution in [2.75, 3.05) is 13.7 Å². The molecule has 0 fully saturated rings. The smallest absolute Gasteiger partial charge is 0.355 e. The summed E-state index contributed by atoms with van der Waals surface area (Å²) in [5.74, 6) is -0.421. The van der Waals surface area contributed by atoms with E-state index in [-0.39, 0.29) is 10.5 Å². The van der Waals surface area contributed by atoms with Gasteiger partial charge in [-0.2, -0.15) is 13.2 Å². The maximum Gasteiger partial charge on any atom is 0.413 e. The summed E-state index contributed by atoms with van der Waals surface area (Å²) in [5.41, 5.74) is 0.211. The van der Waals surface area contributed by atoms with Gasteiger partial charge in [-0.05, 0) is 24.3 Å². The lowest BCUT2D eigenvalue weighted by Gasteiger charge is -2.09. The third-order valence-electron chi connectivity index (χ3n) is 2.06. The van der Waals surface area contributed by atoms with Crippen LogP contribution in [0.5, 0.6) is 0 Å². The fraction of sp³-hybridized carbons (Fsp3) is 0.300. The van der Waals surface area contributed by atoms with Gasteiger partial charge in [-0.3, -0.25) is 9.63 Å². The molecule has 1 aromatic rings. The van der Waals surface area contributed by atoms with Gasteiger partial charge in [0, 0.05) is 12.6 Å². The fourth-order valence-electron chi connectivity index (χ4n) is 1.17. The highest BCUT2D eigenvalue weighted by atomic mass is 32.2. The first-order chi connectivity index (χ1) is 9.15. The van der Waals surface area contributed by atoms with E-state index in [4.69, 9.17) is 0 Å². The molecule has 10 heteroatoms. The Hall–Kier alpha value is -1.65. The summed E-state index contributed by atoms with van der Waals surface area (Å²) in [7, 11) is -2.83. The Bertz CT molecular complexity index is 569. The van der Waals surface area contributed by atoms with Crippen molar-refractivity contribution in [3.8, 4) is 0 Å². The lowest BCUT2D eigenvalue weighted by atomic mass is 10.2. The quantitative estimate of drug-likeness (QED) is 0.788. The van der Waals surface area contributed by atoms with E-state index in [0.717, 1.165) is 12.1 Å². The van der Waals surface area contributed by atoms with Crippen molar-refractivity contribution in [2.45, 2.75) is 11.1 Å². The van der Waals surface area contributed by atoms with Crippen LogP contribution in [0.4, 0.5) is 13.2 Å². The number of carbonyl (C=O) groups is 1. The third-order valence-corrected chi connectivity index (χ3v) is 3.29. The Labute approximate surface area is 112 Å². The highest BCUT2D eigenvalue weighted by molar-refractivity contribution is 7.89. The number of hydrogen-bond acceptors (Lipinski definition) is 4. The Morgan fingerprint density at radius 3 is 2.25 bits per heavy atom. The molecule has 6 nitrogen and oxygen atoms in total. The average molecular weight is 312 g/mol. The fourth-order valence-corrected chi connectivity index (χ4v) is 1.97. The van der Waals surface area contributed by atoms with Crippen LogP contribution in [-0.4, -0.2) is 34.2 Å². The zero-order chi connectivity index (χ0) is 15.4. The zero-order valence-corrected chi connectivity index (χ0v) is 11.0. The molecule has 112 valence electrons. The molecule has 0 atom stereocenters. The number of halogens is 3. The Balaban J connectivity index is 2.75. The maximum atomic E-state index is 11.8. The van der Waals surface area contributed by atoms with Crippen molar-refractivity contribution >= 4 is 15.9 Å². The Morgan fingerprint density at radius 1 is 1.25 bits per heavy atom. The van der Waals surface area contributed by atoms with Crippen molar-refractivity contribution in [3.63, 3.8) is 0 Å². The van der Waals surface area contributed by atoms with Crippen LogP contribution in [0.2, 0.25) is 0 Å². The molecule has 0 aromatic heterocycles. The van der Waals surface area contributed by atoms with Crippen molar-refractivity contribution in [1.82, 2.24) is 10.2 Å². The van der Waals surface area contributed by atoms with Crippen molar-refractivity contribution < 1.29 is 31.2 Å². The molecule has 0 aliphatic heterocycles. The normalized spacial score (nSPS) is 12.2. The van der Waals surface area contributed by atoms with E-state index in [0.29, 0.717) is 0 Å². The number of nitrogens with one attached hydrogen (secondary N) is 2. The molecular weight excluding hydrogens is 301 g/mol. The van der Waals surface area contributed by atoms with E-state index in [9.17, 15) is 26.4 Å². The van der Waals surface area contributed by atoms with Gasteiger partial charge in [-0.1, -0.05) is 4.89 Å². The molecule has 0 saturated heterocycles. The van der Waals surface area contributed by atoms with Crippen LogP contribution in [0.25, 0.3) is 0 Å². The number of amides is 1. The summed E-state index contributed by atoms with van der Waals surface area (Å²) in [6, 6.07) is 4.59. The van der Waals surface area contributed by atoms with Gasteiger partial charge in [-0.25, -0.2) is 8.42 Å². The molecule has 0 radical (unpaired) electrons. The molecular formula is C10H11F3N2O4S. The SMILES string of the molecule is CNC(=O)c1ccc(S(=O)(=O)NOCC(F)(F)F)cc1. The van der Waals surface area contributed by atoms with Gasteiger partial charge in [-0.15, -0.1) is 0 Å². The molecule has 1 rings (SSSR count). The number of hydrogen-bond donors (Lipinski definition) is 2. The minimum Gasteiger partial charge on any atom is -0.355 e. The van der Waals surface area contributed by atoms with Crippen LogP contribution in [-0.2, 0) is 14.9 Å². The van der Waals surface area contributed by atoms with Crippen molar-refractivity contribution in [3.05, 3.63) is 29.8 Å². The van der Waals surface area contributed by atoms with Gasteiger partial charge in [0.15, 0.2) is 6.61 Å². The first-order valence-corrected chi connectivity index (χ1v) is 6.66. The molecule has 20 heavy (non-hydrogen) atoms. The topological polar surface area (TPSA) is 84.5 Å². The molecule has 0 unspecified atom stereocenters. The van der Waals surface area contributed by atoms with Crippen LogP contribution < -0.4 is 10.2 Å². The number of sulfonamides is 1. The number of benzene rings is 1. The first kappa shape index (κ1) is 16.4. The van der Waals surface area contributed by atoms with Crippen LogP contribution >= 0.6 is 0 Å². The Morgan fingerprint density at radius 2 is 1.80 bits per heavy atom. The highest BCUT2D eigenvalue weighted by Crippen LogP contribution is 2.15. The predicted octanol–water partition coefficient (Wildman–Crippen LogP) is 0.818. The zero-order valence-electron chi connectivity index (χ0n) is 10.2. The van der Waals surface area contributed by atoms with Crippen LogP contribution in [0, 0.1) is 0 Å². The molecule has 0 aliphatic rings. The summed E-state index contributed by atoms with van der Waals surface area (Å²) in [6.45, 7) is -1.75. The molecule has 2 N–H and O–H groups in total. The minimum absolute atomic E-state index is 0.211. The standard InChI is InChI=1S/C10H11F3N2O4S/c1-14-9(16)7-2-4-8(5-3-7)20(17,18)15-19-6-10(11,12)13/h2-5,15H,6H2,1H3,(H,14,16). The molecule has 0 saturated carbocycles. The van der Waals surface area contributed by atoms with Gasteiger partial charge in [0.1, 0.15) is 0 Å². The van der Waals surface area contributed by atoms with E-state index in [2.05, 4.69) is 10.2 Å². The lowest BCUT2D eigenvalue weighted by Crippen LogP contribution is -2.29. The van der Waals surface area contributed by atoms with Crippen LogP contribution in [0.15, 0.2) is 29.2 Å². The number of alkyl halides is 3. The summed E-state index contributed by atoms with van der Waals surface area (Å²) in [5, 5.41) is 2.34. The van der Waals surface area contributed by atoms with Gasteiger partial charge >= 0.3 is 6.18 Å². The highest BCUT2D eigenvalue weighted by Gasteiger charge is 2.29. The maximum absolute atomic E-state index is 11.8. The second-order valence-electron chi connectivity index (χ2n) is 3.59. The second kappa shape index (κ2) is 6.20. The minimum atomic E-state index is -4.65. The van der Waals surface area contributed by atoms with Crippen LogP contribution in [0.1, 0.15) is 10.4 Å². The van der Waals surface area contributed by atoms with E-state index in [1.54, 1.807) is 0 Å². The lowest BCUT2D eigenvalue weighted by molar-refractivity contribution is -0.181. The van der Waals surface area contributed by atoms with Gasteiger partial charge in [0.05, 0.1) is 4.90 Å². The van der Waals surface area contributed by atoms with E-state index >= 15 is 0 Å². The molecule has 0 heterocycles. The second-order valence-corrected chi connectivity index (χ2v) is 5.24. The molecule has 1 aromatic carbocycles. The number of carbonyl (C=O) groups excluding carboxylic acids is 1. The predicted molar refractivity (Wildman–Crippen MR) is 62.2 cm³/mol. The van der Waals surface area contributed by atoms with Gasteiger partial charge in [0.2, 0.25) is 0 Å². The molecule has 1 amide bonds. The van der Waals surface area contributed by atoms with E-state index < -0.39 is 28.7 Å². The molecule has 0 bridgehead atoms. The number of rotatable bonds is 5. The van der Waals surface area contributed by atoms with E-state index in [1.165, 1.54) is 24.1 Å². The first-order valence-electron chi connectivity index (χ1n) is 5.18. The van der Waals surface area contributed by atoms with E-state index in [1.807, 2.05) is 0 Å². The summed E-state index contributed by atoms with van der Waals surface area (Å²) in [6.07, 6.45) is -4.65. The third kappa shape index (κ3) is 4.79. The summed E-state index contributed by atoms with van der Waals surface area (Å²) < 4.78 is 58.6. The molecule has 0 aliphatic carbocycles. The van der Waals surface area contributed by atoms with Crippen LogP contribution in [0.3, 0.4) is 0 Å². The average Bonchev–Trinajstić information content (AvgIpc) is 2.36. The summed E-state index contributed by atoms with van der Waals surface area (Å²) >= 11 is 0. The molecule has 0 spiro atoms. The van der Waals surface area contributed by atoms with Gasteiger partial charge < -0.3 is 5.32 Å². The van der Waals surface area contributed by atoms with Crippen molar-refractivity contribution in [1.29, 1.82) is 0 Å².